The number of carbonyl (C=O) groups is 1. The highest BCUT2D eigenvalue weighted by molar-refractivity contribution is 7.97. The van der Waals surface area contributed by atoms with Crippen LogP contribution in [0.2, 0.25) is 0 Å². The van der Waals surface area contributed by atoms with Crippen LogP contribution in [0.1, 0.15) is 22.0 Å². The van der Waals surface area contributed by atoms with Gasteiger partial charge in [0.2, 0.25) is 0 Å². The minimum Gasteiger partial charge on any atom is -0.455 e. The molecule has 7 heteroatoms. The summed E-state index contributed by atoms with van der Waals surface area (Å²) < 4.78 is 7.32. The van der Waals surface area contributed by atoms with Crippen molar-refractivity contribution < 1.29 is 9.21 Å². The summed E-state index contributed by atoms with van der Waals surface area (Å²) in [6.07, 6.45) is 7.24. The van der Waals surface area contributed by atoms with Gasteiger partial charge in [0.25, 0.3) is 5.91 Å². The van der Waals surface area contributed by atoms with Crippen molar-refractivity contribution in [1.29, 1.82) is 0 Å². The Bertz CT molecular complexity index is 841. The van der Waals surface area contributed by atoms with E-state index < -0.39 is 0 Å². The zero-order chi connectivity index (χ0) is 17.1. The van der Waals surface area contributed by atoms with Crippen LogP contribution in [0.15, 0.2) is 47.3 Å². The van der Waals surface area contributed by atoms with E-state index in [1.807, 2.05) is 37.6 Å². The first-order chi connectivity index (χ1) is 11.6. The third kappa shape index (κ3) is 3.21. The minimum absolute atomic E-state index is 0.198. The maximum absolute atomic E-state index is 12.6. The van der Waals surface area contributed by atoms with Gasteiger partial charge in [0.05, 0.1) is 35.2 Å². The molecule has 0 saturated heterocycles. The number of nitrogens with zero attached hydrogens (tertiary/aromatic N) is 4. The lowest BCUT2D eigenvalue weighted by molar-refractivity contribution is 0.0965. The molecule has 124 valence electrons. The molecule has 0 fully saturated rings. The van der Waals surface area contributed by atoms with E-state index in [4.69, 9.17) is 4.42 Å². The third-order valence-corrected chi connectivity index (χ3v) is 4.18. The van der Waals surface area contributed by atoms with Crippen molar-refractivity contribution >= 4 is 23.4 Å². The number of aryl methyl sites for hydroxylation is 1. The van der Waals surface area contributed by atoms with Crippen LogP contribution >= 0.6 is 11.8 Å². The van der Waals surface area contributed by atoms with E-state index in [2.05, 4.69) is 10.1 Å². The first-order valence-corrected chi connectivity index (χ1v) is 8.82. The van der Waals surface area contributed by atoms with Crippen molar-refractivity contribution in [3.63, 3.8) is 0 Å². The van der Waals surface area contributed by atoms with Gasteiger partial charge >= 0.3 is 0 Å². The van der Waals surface area contributed by atoms with Crippen LogP contribution in [-0.4, -0.2) is 34.0 Å². The largest absolute Gasteiger partial charge is 0.455 e. The Morgan fingerprint density at radius 3 is 2.92 bits per heavy atom. The molecule has 0 aliphatic carbocycles. The van der Waals surface area contributed by atoms with E-state index in [-0.39, 0.29) is 5.91 Å². The zero-order valence-corrected chi connectivity index (χ0v) is 14.6. The first-order valence-electron chi connectivity index (χ1n) is 7.42. The molecule has 3 aromatic heterocycles. The van der Waals surface area contributed by atoms with Gasteiger partial charge in [-0.15, -0.1) is 0 Å². The summed E-state index contributed by atoms with van der Waals surface area (Å²) >= 11 is 1.65. The lowest BCUT2D eigenvalue weighted by atomic mass is 10.3. The summed E-state index contributed by atoms with van der Waals surface area (Å²) in [7, 11) is 1.72. The second-order valence-corrected chi connectivity index (χ2v) is 6.18. The van der Waals surface area contributed by atoms with Crippen molar-refractivity contribution in [2.45, 2.75) is 12.7 Å². The predicted octanol–water partition coefficient (Wildman–Crippen LogP) is 3.31. The van der Waals surface area contributed by atoms with Crippen molar-refractivity contribution in [1.82, 2.24) is 14.8 Å². The fraction of sp³-hybridized carbons (Fsp3) is 0.235. The number of hydrogen-bond acceptors (Lipinski definition) is 5. The van der Waals surface area contributed by atoms with Gasteiger partial charge in [-0.3, -0.25) is 9.78 Å². The standard InChI is InChI=1S/C17H18N4O2S/c1-12-15(10-21(19-12)13-5-4-8-18-9-13)20(2)17(22)16-7-6-14(23-16)11-24-3/h4-10H,11H2,1-3H3. The minimum atomic E-state index is -0.198. The van der Waals surface area contributed by atoms with Gasteiger partial charge in [0.15, 0.2) is 5.76 Å². The van der Waals surface area contributed by atoms with Crippen molar-refractivity contribution in [2.75, 3.05) is 18.2 Å². The molecular weight excluding hydrogens is 324 g/mol. The summed E-state index contributed by atoms with van der Waals surface area (Å²) in [4.78, 5) is 18.3. The molecule has 0 saturated carbocycles. The van der Waals surface area contributed by atoms with Crippen LogP contribution in [0.4, 0.5) is 5.69 Å². The molecule has 0 aliphatic rings. The monoisotopic (exact) mass is 342 g/mol. The average Bonchev–Trinajstić information content (AvgIpc) is 3.21. The molecule has 0 unspecified atom stereocenters. The second-order valence-electron chi connectivity index (χ2n) is 5.32. The molecular formula is C17H18N4O2S. The fourth-order valence-corrected chi connectivity index (χ4v) is 2.83. The zero-order valence-electron chi connectivity index (χ0n) is 13.8. The van der Waals surface area contributed by atoms with E-state index in [0.717, 1.165) is 28.6 Å². The Morgan fingerprint density at radius 2 is 2.21 bits per heavy atom. The highest BCUT2D eigenvalue weighted by Gasteiger charge is 2.21. The smallest absolute Gasteiger partial charge is 0.293 e. The van der Waals surface area contributed by atoms with Gasteiger partial charge in [-0.05, 0) is 37.4 Å². The number of thioether (sulfide) groups is 1. The number of furan rings is 1. The van der Waals surface area contributed by atoms with Gasteiger partial charge in [0.1, 0.15) is 5.76 Å². The third-order valence-electron chi connectivity index (χ3n) is 3.61. The van der Waals surface area contributed by atoms with Crippen molar-refractivity contribution in [3.8, 4) is 5.69 Å². The predicted molar refractivity (Wildman–Crippen MR) is 94.8 cm³/mol. The Morgan fingerprint density at radius 1 is 1.38 bits per heavy atom. The lowest BCUT2D eigenvalue weighted by Gasteiger charge is -2.14. The number of carbonyl (C=O) groups excluding carboxylic acids is 1. The van der Waals surface area contributed by atoms with E-state index in [0.29, 0.717) is 5.76 Å². The summed E-state index contributed by atoms with van der Waals surface area (Å²) in [5.41, 5.74) is 2.32. The number of hydrogen-bond donors (Lipinski definition) is 0. The molecule has 3 heterocycles. The van der Waals surface area contributed by atoms with Crippen LogP contribution in [-0.2, 0) is 5.75 Å². The molecule has 0 atom stereocenters. The first kappa shape index (κ1) is 16.3. The highest BCUT2D eigenvalue weighted by atomic mass is 32.2. The van der Waals surface area contributed by atoms with Gasteiger partial charge in [-0.25, -0.2) is 4.68 Å². The molecule has 3 aromatic rings. The van der Waals surface area contributed by atoms with Crippen LogP contribution in [0.25, 0.3) is 5.69 Å². The topological polar surface area (TPSA) is 64.2 Å². The van der Waals surface area contributed by atoms with Gasteiger partial charge < -0.3 is 9.32 Å². The second kappa shape index (κ2) is 6.92. The molecule has 0 bridgehead atoms. The van der Waals surface area contributed by atoms with Gasteiger partial charge in [0, 0.05) is 13.2 Å². The molecule has 0 radical (unpaired) electrons. The Hall–Kier alpha value is -2.54. The molecule has 0 aliphatic heterocycles. The number of amides is 1. The van der Waals surface area contributed by atoms with Gasteiger partial charge in [-0.2, -0.15) is 16.9 Å². The van der Waals surface area contributed by atoms with E-state index in [9.17, 15) is 4.79 Å². The SMILES string of the molecule is CSCc1ccc(C(=O)N(C)c2cn(-c3cccnc3)nc2C)o1. The Labute approximate surface area is 144 Å². The number of rotatable bonds is 5. The summed E-state index contributed by atoms with van der Waals surface area (Å²) in [5.74, 6) is 1.67. The molecule has 0 aromatic carbocycles. The fourth-order valence-electron chi connectivity index (χ4n) is 2.39. The van der Waals surface area contributed by atoms with Crippen molar-refractivity contribution in [3.05, 3.63) is 60.1 Å². The quantitative estimate of drug-likeness (QED) is 0.712. The molecule has 0 N–H and O–H groups in total. The van der Waals surface area contributed by atoms with E-state index in [1.54, 1.807) is 46.9 Å². The number of aromatic nitrogens is 3. The Kier molecular flexibility index (Phi) is 4.71. The normalized spacial score (nSPS) is 10.8. The van der Waals surface area contributed by atoms with Crippen molar-refractivity contribution in [2.24, 2.45) is 0 Å². The maximum atomic E-state index is 12.6. The van der Waals surface area contributed by atoms with Crippen LogP contribution < -0.4 is 4.90 Å². The molecule has 0 spiro atoms. The lowest BCUT2D eigenvalue weighted by Crippen LogP contribution is -2.26. The van der Waals surface area contributed by atoms with E-state index in [1.165, 1.54) is 0 Å². The maximum Gasteiger partial charge on any atom is 0.293 e. The van der Waals surface area contributed by atoms with Crippen LogP contribution in [0.5, 0.6) is 0 Å². The summed E-state index contributed by atoms with van der Waals surface area (Å²) in [5, 5.41) is 4.46. The van der Waals surface area contributed by atoms with Crippen LogP contribution in [0.3, 0.4) is 0 Å². The summed E-state index contributed by atoms with van der Waals surface area (Å²) in [6.45, 7) is 1.87. The van der Waals surface area contributed by atoms with Gasteiger partial charge in [-0.1, -0.05) is 0 Å². The molecule has 3 rings (SSSR count). The molecule has 24 heavy (non-hydrogen) atoms. The summed E-state index contributed by atoms with van der Waals surface area (Å²) in [6, 6.07) is 7.30. The number of pyridine rings is 1. The Balaban J connectivity index is 1.85. The van der Waals surface area contributed by atoms with Crippen LogP contribution in [0, 0.1) is 6.92 Å². The molecule has 6 nitrogen and oxygen atoms in total. The average molecular weight is 342 g/mol. The number of anilines is 1. The van der Waals surface area contributed by atoms with E-state index >= 15 is 0 Å². The highest BCUT2D eigenvalue weighted by Crippen LogP contribution is 2.22. The molecule has 1 amide bonds.